The van der Waals surface area contributed by atoms with Crippen molar-refractivity contribution in [3.8, 4) is 11.5 Å². The molecule has 2 amide bonds. The Morgan fingerprint density at radius 3 is 2.02 bits per heavy atom. The lowest BCUT2D eigenvalue weighted by Crippen LogP contribution is -2.53. The molecule has 0 bridgehead atoms. The topological polar surface area (TPSA) is 210 Å². The Balaban J connectivity index is 0.830. The van der Waals surface area contributed by atoms with E-state index < -0.39 is 17.7 Å². The van der Waals surface area contributed by atoms with E-state index in [0.29, 0.717) is 47.2 Å². The van der Waals surface area contributed by atoms with Gasteiger partial charge in [0, 0.05) is 53.3 Å². The minimum atomic E-state index is -2.25. The predicted octanol–water partition coefficient (Wildman–Crippen LogP) is 4.65. The summed E-state index contributed by atoms with van der Waals surface area (Å²) in [5, 5.41) is 51.8. The molecule has 58 heavy (non-hydrogen) atoms. The van der Waals surface area contributed by atoms with Gasteiger partial charge in [-0.3, -0.25) is 14.4 Å². The van der Waals surface area contributed by atoms with Gasteiger partial charge in [-0.25, -0.2) is 4.79 Å². The Kier molecular flexibility index (Phi) is 11.7. The number of fused-ring (bicyclic) bond motifs is 1. The molecule has 6 aromatic rings. The Morgan fingerprint density at radius 2 is 1.38 bits per heavy atom. The summed E-state index contributed by atoms with van der Waals surface area (Å²) < 4.78 is 5.91. The van der Waals surface area contributed by atoms with Crippen molar-refractivity contribution in [3.05, 3.63) is 177 Å². The number of carboxylic acids is 1. The molecule has 1 aliphatic rings. The van der Waals surface area contributed by atoms with Crippen LogP contribution < -0.4 is 26.2 Å². The third-order valence-corrected chi connectivity index (χ3v) is 10.3. The highest BCUT2D eigenvalue weighted by Crippen LogP contribution is 2.33. The van der Waals surface area contributed by atoms with E-state index in [4.69, 9.17) is 4.74 Å². The number of aromatic hydroxyl groups is 1. The zero-order valence-electron chi connectivity index (χ0n) is 31.2. The molecule has 296 valence electrons. The van der Waals surface area contributed by atoms with E-state index in [1.165, 1.54) is 24.3 Å². The fourth-order valence-electron chi connectivity index (χ4n) is 7.00. The highest BCUT2D eigenvalue weighted by atomic mass is 16.5. The number of aliphatic carboxylic acids is 1. The summed E-state index contributed by atoms with van der Waals surface area (Å²) in [6.07, 6.45) is 0.305. The first-order valence-corrected chi connectivity index (χ1v) is 18.8. The maximum absolute atomic E-state index is 12.9. The van der Waals surface area contributed by atoms with Crippen molar-refractivity contribution in [2.45, 2.75) is 49.8 Å². The molecule has 1 aromatic heterocycles. The van der Waals surface area contributed by atoms with Crippen molar-refractivity contribution >= 4 is 28.7 Å². The van der Waals surface area contributed by atoms with Gasteiger partial charge in [0.1, 0.15) is 18.1 Å². The van der Waals surface area contributed by atoms with Crippen LogP contribution in [0.25, 0.3) is 10.9 Å². The third-order valence-electron chi connectivity index (χ3n) is 10.3. The number of benzene rings is 5. The minimum Gasteiger partial charge on any atom is -0.506 e. The van der Waals surface area contributed by atoms with E-state index >= 15 is 0 Å². The molecule has 0 radical (unpaired) electrons. The van der Waals surface area contributed by atoms with E-state index in [0.717, 1.165) is 11.1 Å². The average molecular weight is 783 g/mol. The van der Waals surface area contributed by atoms with Gasteiger partial charge in [0.2, 0.25) is 11.2 Å². The summed E-state index contributed by atoms with van der Waals surface area (Å²) in [7, 11) is 0. The van der Waals surface area contributed by atoms with Crippen molar-refractivity contribution in [2.75, 3.05) is 6.54 Å². The number of aromatic nitrogens is 1. The van der Waals surface area contributed by atoms with Crippen LogP contribution in [-0.2, 0) is 23.5 Å². The number of carbonyl (C=O) groups is 3. The third kappa shape index (κ3) is 8.76. The highest BCUT2D eigenvalue weighted by molar-refractivity contribution is 5.95. The maximum atomic E-state index is 12.9. The van der Waals surface area contributed by atoms with Crippen LogP contribution in [0.3, 0.4) is 0 Å². The van der Waals surface area contributed by atoms with Gasteiger partial charge in [-0.05, 0) is 83.6 Å². The molecule has 1 fully saturated rings. The number of amides is 2. The summed E-state index contributed by atoms with van der Waals surface area (Å²) in [4.78, 5) is 52.3. The molecule has 7 rings (SSSR count). The molecule has 13 heteroatoms. The number of carboxylic acid groups (broad SMARTS) is 1. The Hall–Kier alpha value is -6.80. The smallest absolute Gasteiger partial charge is 0.345 e. The van der Waals surface area contributed by atoms with Crippen LogP contribution in [0, 0.1) is 0 Å². The predicted molar refractivity (Wildman–Crippen MR) is 215 cm³/mol. The number of aliphatic hydroxyl groups is 2. The zero-order chi connectivity index (χ0) is 40.8. The number of H-pyrrole nitrogens is 1. The number of aliphatic hydroxyl groups excluding tert-OH is 1. The lowest BCUT2D eigenvalue weighted by molar-refractivity contribution is -0.155. The summed E-state index contributed by atoms with van der Waals surface area (Å²) in [5.41, 5.74) is 1.31. The van der Waals surface area contributed by atoms with Gasteiger partial charge in [-0.15, -0.1) is 0 Å². The van der Waals surface area contributed by atoms with Crippen molar-refractivity contribution in [1.29, 1.82) is 0 Å². The van der Waals surface area contributed by atoms with E-state index in [1.807, 2.05) is 12.1 Å². The first kappa shape index (κ1) is 39.4. The molecule has 0 spiro atoms. The van der Waals surface area contributed by atoms with Crippen molar-refractivity contribution in [1.82, 2.24) is 20.9 Å². The molecule has 8 N–H and O–H groups in total. The molecular formula is C45H42N4O9. The molecule has 0 unspecified atom stereocenters. The van der Waals surface area contributed by atoms with Crippen LogP contribution in [0.1, 0.15) is 67.5 Å². The average Bonchev–Trinajstić information content (AvgIpc) is 3.22. The van der Waals surface area contributed by atoms with Gasteiger partial charge in [-0.2, -0.15) is 0 Å². The molecule has 0 saturated heterocycles. The number of ether oxygens (including phenoxy) is 1. The van der Waals surface area contributed by atoms with Crippen molar-refractivity contribution < 1.29 is 39.5 Å². The summed E-state index contributed by atoms with van der Waals surface area (Å²) in [5.74, 6) is -1.53. The maximum Gasteiger partial charge on any atom is 0.345 e. The van der Waals surface area contributed by atoms with Gasteiger partial charge in [0.05, 0.1) is 11.6 Å². The highest BCUT2D eigenvalue weighted by Gasteiger charge is 2.40. The molecule has 1 saturated carbocycles. The first-order valence-electron chi connectivity index (χ1n) is 18.8. The second kappa shape index (κ2) is 17.1. The molecule has 0 aliphatic heterocycles. The van der Waals surface area contributed by atoms with Crippen LogP contribution in [0.2, 0.25) is 0 Å². The van der Waals surface area contributed by atoms with Crippen LogP contribution in [0.4, 0.5) is 0 Å². The second-order valence-electron chi connectivity index (χ2n) is 14.3. The first-order chi connectivity index (χ1) is 28.0. The second-order valence-corrected chi connectivity index (χ2v) is 14.3. The SMILES string of the molecule is O=C(NC1CC(NC(=O)c2ccc(COc3cccc([C@](O)(C(=O)O)c4ccccc4)c3)cc2)C1)c1ccc(CNC[C@H](O)c2ccc(O)c3[nH]c(=O)ccc23)cc1. The van der Waals surface area contributed by atoms with Crippen LogP contribution in [-0.4, -0.2) is 61.8 Å². The lowest BCUT2D eigenvalue weighted by atomic mass is 9.86. The molecule has 1 heterocycles. The van der Waals surface area contributed by atoms with Gasteiger partial charge in [-0.1, -0.05) is 72.8 Å². The largest absolute Gasteiger partial charge is 0.506 e. The number of carbonyl (C=O) groups excluding carboxylic acids is 2. The molecule has 1 aliphatic carbocycles. The number of phenolic OH excluding ortho intramolecular Hbond substituents is 1. The Labute approximate surface area is 333 Å². The number of phenols is 1. The number of hydrogen-bond donors (Lipinski definition) is 8. The van der Waals surface area contributed by atoms with E-state index in [-0.39, 0.29) is 65.0 Å². The van der Waals surface area contributed by atoms with Crippen LogP contribution in [0.15, 0.2) is 132 Å². The minimum absolute atomic E-state index is 0.0728. The van der Waals surface area contributed by atoms with Crippen LogP contribution in [0.5, 0.6) is 11.5 Å². The monoisotopic (exact) mass is 782 g/mol. The molecule has 13 nitrogen and oxygen atoms in total. The zero-order valence-corrected chi connectivity index (χ0v) is 31.2. The Morgan fingerprint density at radius 1 is 0.759 bits per heavy atom. The normalized spacial score (nSPS) is 16.4. The molecule has 2 atom stereocenters. The Bertz CT molecular complexity index is 2480. The van der Waals surface area contributed by atoms with Gasteiger partial charge < -0.3 is 46.1 Å². The van der Waals surface area contributed by atoms with Gasteiger partial charge in [0.25, 0.3) is 11.8 Å². The summed E-state index contributed by atoms with van der Waals surface area (Å²) >= 11 is 0. The van der Waals surface area contributed by atoms with Gasteiger partial charge >= 0.3 is 5.97 Å². The van der Waals surface area contributed by atoms with E-state index in [2.05, 4.69) is 20.9 Å². The molecule has 5 aromatic carbocycles. The number of nitrogens with one attached hydrogen (secondary N) is 4. The van der Waals surface area contributed by atoms with E-state index in [9.17, 15) is 39.6 Å². The fourth-order valence-corrected chi connectivity index (χ4v) is 7.00. The molecular weight excluding hydrogens is 741 g/mol. The standard InChI is InChI=1S/C45H42N4O9/c50-38-19-17-36(37-18-20-40(52)49-41(37)38)39(51)25-46-24-27-9-13-29(14-10-27)42(53)47-33-22-34(23-33)48-43(54)30-15-11-28(12-16-30)26-58-35-8-4-7-32(21-35)45(57,44(55)56)31-5-2-1-3-6-31/h1-21,33-34,39,46,50-51,57H,22-26H2,(H,47,53)(H,48,54)(H,49,52)(H,55,56)/t33?,34?,39-,45-/m0/s1. The summed E-state index contributed by atoms with van der Waals surface area (Å²) in [6.45, 7) is 0.818. The number of aromatic amines is 1. The lowest BCUT2D eigenvalue weighted by Gasteiger charge is -2.36. The van der Waals surface area contributed by atoms with Crippen molar-refractivity contribution in [3.63, 3.8) is 0 Å². The van der Waals surface area contributed by atoms with Crippen molar-refractivity contribution in [2.24, 2.45) is 0 Å². The van der Waals surface area contributed by atoms with E-state index in [1.54, 1.807) is 91.0 Å². The summed E-state index contributed by atoms with van der Waals surface area (Å²) in [6, 6.07) is 34.4. The fraction of sp³-hybridized carbons (Fsp3) is 0.200. The number of pyridine rings is 1. The number of hydrogen-bond acceptors (Lipinski definition) is 9. The quantitative estimate of drug-likeness (QED) is 0.0723. The van der Waals surface area contributed by atoms with Crippen LogP contribution >= 0.6 is 0 Å². The number of rotatable bonds is 15. The van der Waals surface area contributed by atoms with Gasteiger partial charge in [0.15, 0.2) is 0 Å².